The van der Waals surface area contributed by atoms with Gasteiger partial charge in [-0.3, -0.25) is 9.59 Å². The van der Waals surface area contributed by atoms with E-state index in [9.17, 15) is 9.59 Å². The molecule has 0 aliphatic carbocycles. The lowest BCUT2D eigenvalue weighted by atomic mass is 9.73. The summed E-state index contributed by atoms with van der Waals surface area (Å²) in [6.45, 7) is 10.8. The minimum atomic E-state index is -0.372. The summed E-state index contributed by atoms with van der Waals surface area (Å²) in [5, 5.41) is 0. The maximum absolute atomic E-state index is 11.5. The lowest BCUT2D eigenvalue weighted by molar-refractivity contribution is -0.127. The van der Waals surface area contributed by atoms with Crippen LogP contribution >= 0.6 is 0 Å². The van der Waals surface area contributed by atoms with Gasteiger partial charge in [-0.05, 0) is 38.7 Å². The number of carbonyl (C=O) groups is 2. The van der Waals surface area contributed by atoms with E-state index in [4.69, 9.17) is 0 Å². The number of rotatable bonds is 6. The van der Waals surface area contributed by atoms with Crippen molar-refractivity contribution >= 4 is 11.6 Å². The number of hydrogen-bond donors (Lipinski definition) is 0. The summed E-state index contributed by atoms with van der Waals surface area (Å²) in [4.78, 5) is 22.6. The van der Waals surface area contributed by atoms with E-state index in [1.54, 1.807) is 6.92 Å². The number of allylic oxidation sites excluding steroid dienone is 1. The molecule has 2 nitrogen and oxygen atoms in total. The Hall–Kier alpha value is -0.920. The lowest BCUT2D eigenvalue weighted by Crippen LogP contribution is -2.29. The molecule has 0 amide bonds. The highest BCUT2D eigenvalue weighted by atomic mass is 16.1. The maximum atomic E-state index is 11.5. The number of Topliss-reactive ketones (excluding diaryl/α,β-unsaturated/α-hetero) is 2. The average Bonchev–Trinajstić information content (AvgIpc) is 2.13. The molecule has 0 atom stereocenters. The zero-order chi connectivity index (χ0) is 11.4. The van der Waals surface area contributed by atoms with Crippen molar-refractivity contribution < 1.29 is 9.59 Å². The van der Waals surface area contributed by atoms with Crippen LogP contribution in [0.5, 0.6) is 0 Å². The third kappa shape index (κ3) is 2.79. The van der Waals surface area contributed by atoms with Gasteiger partial charge in [0.15, 0.2) is 5.78 Å². The van der Waals surface area contributed by atoms with E-state index in [1.165, 1.54) is 6.92 Å². The number of carbonyl (C=O) groups excluding carboxylic acids is 2. The molecule has 0 aliphatic rings. The van der Waals surface area contributed by atoms with Crippen LogP contribution in [0.15, 0.2) is 12.2 Å². The van der Waals surface area contributed by atoms with Gasteiger partial charge in [-0.15, -0.1) is 0 Å². The minimum absolute atomic E-state index is 0.0162. The first-order valence-corrected chi connectivity index (χ1v) is 5.09. The number of ketones is 2. The predicted molar refractivity (Wildman–Crippen MR) is 58.1 cm³/mol. The minimum Gasteiger partial charge on any atom is -0.299 e. The molecule has 0 aromatic rings. The SMILES string of the molecule is C=C(CC(CC)(CC)C(C)=O)C(C)=O. The first-order chi connectivity index (χ1) is 6.39. The van der Waals surface area contributed by atoms with Crippen LogP contribution in [-0.2, 0) is 9.59 Å². The van der Waals surface area contributed by atoms with Gasteiger partial charge in [-0.1, -0.05) is 20.4 Å². The van der Waals surface area contributed by atoms with Crippen LogP contribution in [0.1, 0.15) is 47.0 Å². The largest absolute Gasteiger partial charge is 0.299 e. The van der Waals surface area contributed by atoms with Gasteiger partial charge in [-0.2, -0.15) is 0 Å². The molecule has 0 aromatic carbocycles. The highest BCUT2D eigenvalue weighted by Crippen LogP contribution is 2.34. The Bertz CT molecular complexity index is 247. The van der Waals surface area contributed by atoms with E-state index in [2.05, 4.69) is 6.58 Å². The molecule has 0 spiro atoms. The van der Waals surface area contributed by atoms with Gasteiger partial charge in [0.25, 0.3) is 0 Å². The first-order valence-electron chi connectivity index (χ1n) is 5.09. The van der Waals surface area contributed by atoms with Crippen molar-refractivity contribution in [1.82, 2.24) is 0 Å². The van der Waals surface area contributed by atoms with Crippen LogP contribution in [0.3, 0.4) is 0 Å². The molecule has 0 fully saturated rings. The van der Waals surface area contributed by atoms with Crippen molar-refractivity contribution in [3.05, 3.63) is 12.2 Å². The van der Waals surface area contributed by atoms with Crippen molar-refractivity contribution in [3.8, 4) is 0 Å². The molecular formula is C12H20O2. The fourth-order valence-corrected chi connectivity index (χ4v) is 1.66. The van der Waals surface area contributed by atoms with Crippen molar-refractivity contribution in [2.24, 2.45) is 5.41 Å². The second kappa shape index (κ2) is 5.08. The Morgan fingerprint density at radius 1 is 1.14 bits per heavy atom. The standard InChI is InChI=1S/C12H20O2/c1-6-12(7-2,11(5)14)8-9(3)10(4)13/h3,6-8H2,1-2,4-5H3. The molecule has 0 aliphatic heterocycles. The van der Waals surface area contributed by atoms with Gasteiger partial charge >= 0.3 is 0 Å². The van der Waals surface area contributed by atoms with Crippen LogP contribution in [0.25, 0.3) is 0 Å². The Balaban J connectivity index is 4.76. The Morgan fingerprint density at radius 2 is 1.57 bits per heavy atom. The Labute approximate surface area is 86.4 Å². The fraction of sp³-hybridized carbons (Fsp3) is 0.667. The molecule has 2 heteroatoms. The van der Waals surface area contributed by atoms with E-state index in [1.807, 2.05) is 13.8 Å². The Kier molecular flexibility index (Phi) is 4.75. The zero-order valence-electron chi connectivity index (χ0n) is 9.64. The summed E-state index contributed by atoms with van der Waals surface area (Å²) in [5.74, 6) is 0.141. The highest BCUT2D eigenvalue weighted by Gasteiger charge is 2.32. The van der Waals surface area contributed by atoms with Crippen LogP contribution in [0.4, 0.5) is 0 Å². The van der Waals surface area contributed by atoms with E-state index < -0.39 is 0 Å². The summed E-state index contributed by atoms with van der Waals surface area (Å²) < 4.78 is 0. The summed E-state index contributed by atoms with van der Waals surface area (Å²) in [6, 6.07) is 0. The predicted octanol–water partition coefficient (Wildman–Crippen LogP) is 2.92. The van der Waals surface area contributed by atoms with E-state index >= 15 is 0 Å². The smallest absolute Gasteiger partial charge is 0.155 e. The third-order valence-electron chi connectivity index (χ3n) is 3.15. The molecular weight excluding hydrogens is 176 g/mol. The second-order valence-electron chi connectivity index (χ2n) is 3.88. The molecule has 80 valence electrons. The van der Waals surface area contributed by atoms with Gasteiger partial charge in [0.05, 0.1) is 0 Å². The summed E-state index contributed by atoms with van der Waals surface area (Å²) >= 11 is 0. The van der Waals surface area contributed by atoms with Crippen LogP contribution in [0.2, 0.25) is 0 Å². The van der Waals surface area contributed by atoms with Crippen LogP contribution < -0.4 is 0 Å². The van der Waals surface area contributed by atoms with Crippen molar-refractivity contribution in [2.75, 3.05) is 0 Å². The monoisotopic (exact) mass is 196 g/mol. The summed E-state index contributed by atoms with van der Waals surface area (Å²) in [5.41, 5.74) is 0.187. The van der Waals surface area contributed by atoms with Gasteiger partial charge in [0, 0.05) is 5.41 Å². The van der Waals surface area contributed by atoms with Crippen LogP contribution in [-0.4, -0.2) is 11.6 Å². The second-order valence-corrected chi connectivity index (χ2v) is 3.88. The van der Waals surface area contributed by atoms with E-state index in [0.29, 0.717) is 12.0 Å². The molecule has 0 N–H and O–H groups in total. The quantitative estimate of drug-likeness (QED) is 0.612. The van der Waals surface area contributed by atoms with Gasteiger partial charge in [0.2, 0.25) is 0 Å². The summed E-state index contributed by atoms with van der Waals surface area (Å²) in [7, 11) is 0. The van der Waals surface area contributed by atoms with E-state index in [-0.39, 0.29) is 17.0 Å². The van der Waals surface area contributed by atoms with Crippen molar-refractivity contribution in [1.29, 1.82) is 0 Å². The maximum Gasteiger partial charge on any atom is 0.155 e. The fourth-order valence-electron chi connectivity index (χ4n) is 1.66. The molecule has 0 radical (unpaired) electrons. The zero-order valence-corrected chi connectivity index (χ0v) is 9.64. The number of hydrogen-bond acceptors (Lipinski definition) is 2. The molecule has 0 aromatic heterocycles. The van der Waals surface area contributed by atoms with Crippen molar-refractivity contribution in [3.63, 3.8) is 0 Å². The van der Waals surface area contributed by atoms with Gasteiger partial charge in [0.1, 0.15) is 5.78 Å². The van der Waals surface area contributed by atoms with E-state index in [0.717, 1.165) is 12.8 Å². The lowest BCUT2D eigenvalue weighted by Gasteiger charge is -2.29. The molecule has 0 bridgehead atoms. The molecule has 0 unspecified atom stereocenters. The molecule has 0 rings (SSSR count). The average molecular weight is 196 g/mol. The normalized spacial score (nSPS) is 11.1. The van der Waals surface area contributed by atoms with Crippen LogP contribution in [0, 0.1) is 5.41 Å². The topological polar surface area (TPSA) is 34.1 Å². The Morgan fingerprint density at radius 3 is 1.79 bits per heavy atom. The molecule has 0 saturated heterocycles. The van der Waals surface area contributed by atoms with Gasteiger partial charge in [-0.25, -0.2) is 0 Å². The van der Waals surface area contributed by atoms with Crippen molar-refractivity contribution in [2.45, 2.75) is 47.0 Å². The molecule has 0 heterocycles. The highest BCUT2D eigenvalue weighted by molar-refractivity contribution is 5.94. The molecule has 14 heavy (non-hydrogen) atoms. The van der Waals surface area contributed by atoms with Gasteiger partial charge < -0.3 is 0 Å². The summed E-state index contributed by atoms with van der Waals surface area (Å²) in [6.07, 6.45) is 2.04. The third-order valence-corrected chi connectivity index (χ3v) is 3.15. The molecule has 0 saturated carbocycles. The first kappa shape index (κ1) is 13.1.